The Labute approximate surface area is 237 Å². The van der Waals surface area contributed by atoms with E-state index in [-0.39, 0.29) is 23.1 Å². The van der Waals surface area contributed by atoms with E-state index in [0.29, 0.717) is 30.0 Å². The lowest BCUT2D eigenvalue weighted by molar-refractivity contribution is 0.109. The largest absolute Gasteiger partial charge is 0.447 e. The molecule has 3 N–H and O–H groups in total. The normalized spacial score (nSPS) is 20.7. The van der Waals surface area contributed by atoms with Crippen LogP contribution in [0.15, 0.2) is 29.3 Å². The van der Waals surface area contributed by atoms with E-state index in [1.54, 1.807) is 30.5 Å². The van der Waals surface area contributed by atoms with Crippen LogP contribution in [0.5, 0.6) is 0 Å². The third kappa shape index (κ3) is 7.93. The Kier molecular flexibility index (Phi) is 9.90. The molecule has 0 spiro atoms. The predicted molar refractivity (Wildman–Crippen MR) is 157 cm³/mol. The summed E-state index contributed by atoms with van der Waals surface area (Å²) >= 11 is 1.56. The van der Waals surface area contributed by atoms with Crippen LogP contribution in [-0.4, -0.2) is 68.8 Å². The summed E-state index contributed by atoms with van der Waals surface area (Å²) in [7, 11) is -3.68. The van der Waals surface area contributed by atoms with Crippen LogP contribution in [0.3, 0.4) is 0 Å². The molecule has 1 aliphatic carbocycles. The van der Waals surface area contributed by atoms with Crippen LogP contribution in [0.2, 0.25) is 0 Å². The molecule has 2 aliphatic rings. The second-order valence-electron chi connectivity index (χ2n) is 11.4. The average molecular weight is 578 g/mol. The van der Waals surface area contributed by atoms with Gasteiger partial charge in [0.1, 0.15) is 0 Å². The molecule has 11 heteroatoms. The number of benzene rings is 1. The van der Waals surface area contributed by atoms with Crippen molar-refractivity contribution in [3.05, 3.63) is 29.4 Å². The molecular formula is C28H43N5O4S2. The van der Waals surface area contributed by atoms with Gasteiger partial charge in [0.15, 0.2) is 0 Å². The number of amides is 1. The summed E-state index contributed by atoms with van der Waals surface area (Å²) in [5.41, 5.74) is 1.49. The summed E-state index contributed by atoms with van der Waals surface area (Å²) in [5, 5.41) is 7.50. The van der Waals surface area contributed by atoms with Gasteiger partial charge in [-0.3, -0.25) is 4.90 Å². The minimum absolute atomic E-state index is 0.108. The quantitative estimate of drug-likeness (QED) is 0.344. The van der Waals surface area contributed by atoms with Gasteiger partial charge in [-0.2, -0.15) is 0 Å². The van der Waals surface area contributed by atoms with Crippen LogP contribution in [0.1, 0.15) is 71.2 Å². The first kappa shape index (κ1) is 29.8. The van der Waals surface area contributed by atoms with Gasteiger partial charge in [0.2, 0.25) is 10.0 Å². The number of hydrogen-bond acceptors (Lipinski definition) is 8. The zero-order valence-corrected chi connectivity index (χ0v) is 25.3. The summed E-state index contributed by atoms with van der Waals surface area (Å²) in [5.74, 6) is 0.927. The fourth-order valence-electron chi connectivity index (χ4n) is 5.37. The summed E-state index contributed by atoms with van der Waals surface area (Å²) < 4.78 is 34.3. The third-order valence-electron chi connectivity index (χ3n) is 7.09. The highest BCUT2D eigenvalue weighted by Gasteiger charge is 2.29. The van der Waals surface area contributed by atoms with E-state index in [1.165, 1.54) is 0 Å². The van der Waals surface area contributed by atoms with E-state index in [9.17, 15) is 13.2 Å². The third-order valence-corrected chi connectivity index (χ3v) is 9.87. The lowest BCUT2D eigenvalue weighted by Crippen LogP contribution is -2.55. The van der Waals surface area contributed by atoms with Gasteiger partial charge in [-0.05, 0) is 57.6 Å². The molecule has 39 heavy (non-hydrogen) atoms. The summed E-state index contributed by atoms with van der Waals surface area (Å²) in [4.78, 5) is 20.2. The van der Waals surface area contributed by atoms with Gasteiger partial charge in [-0.15, -0.1) is 11.3 Å². The zero-order valence-electron chi connectivity index (χ0n) is 23.7. The second kappa shape index (κ2) is 13.0. The van der Waals surface area contributed by atoms with Crippen molar-refractivity contribution >= 4 is 33.1 Å². The number of hydrogen-bond donors (Lipinski definition) is 3. The highest BCUT2D eigenvalue weighted by atomic mass is 32.2. The average Bonchev–Trinajstić information content (AvgIpc) is 3.32. The number of nitrogens with zero attached hydrogens (tertiary/aromatic N) is 2. The van der Waals surface area contributed by atoms with Crippen molar-refractivity contribution in [3.8, 4) is 10.4 Å². The van der Waals surface area contributed by atoms with Gasteiger partial charge in [0, 0.05) is 55.6 Å². The molecular weight excluding hydrogens is 534 g/mol. The van der Waals surface area contributed by atoms with Crippen LogP contribution in [-0.2, 0) is 14.8 Å². The fourth-order valence-corrected chi connectivity index (χ4v) is 7.84. The number of carbonyl (C=O) groups is 1. The summed E-state index contributed by atoms with van der Waals surface area (Å²) in [6, 6.07) is 6.05. The molecule has 0 radical (unpaired) electrons. The number of aromatic nitrogens is 1. The Morgan fingerprint density at radius 1 is 1.13 bits per heavy atom. The maximum atomic E-state index is 13.2. The minimum Gasteiger partial charge on any atom is -0.447 e. The first-order valence-electron chi connectivity index (χ1n) is 14.1. The Morgan fingerprint density at radius 2 is 1.85 bits per heavy atom. The van der Waals surface area contributed by atoms with Crippen molar-refractivity contribution in [1.82, 2.24) is 19.9 Å². The molecule has 216 valence electrons. The number of thiazole rings is 1. The zero-order chi connectivity index (χ0) is 28.2. The molecule has 1 saturated heterocycles. The molecule has 1 aromatic carbocycles. The number of ether oxygens (including phenoxy) is 1. The first-order chi connectivity index (χ1) is 18.5. The van der Waals surface area contributed by atoms with Gasteiger partial charge in [-0.25, -0.2) is 22.9 Å². The van der Waals surface area contributed by atoms with Gasteiger partial charge in [0.25, 0.3) is 0 Å². The van der Waals surface area contributed by atoms with E-state index in [0.717, 1.165) is 60.9 Å². The molecule has 0 unspecified atom stereocenters. The molecule has 2 aromatic rings. The fraction of sp³-hybridized carbons (Fsp3) is 0.643. The molecule has 0 bridgehead atoms. The van der Waals surface area contributed by atoms with E-state index in [2.05, 4.69) is 34.1 Å². The van der Waals surface area contributed by atoms with Crippen LogP contribution in [0, 0.1) is 5.92 Å². The molecule has 1 aliphatic heterocycles. The maximum absolute atomic E-state index is 13.2. The van der Waals surface area contributed by atoms with Crippen LogP contribution < -0.4 is 15.4 Å². The highest BCUT2D eigenvalue weighted by molar-refractivity contribution is 7.89. The number of likely N-dealkylation sites (tertiary alicyclic amines) is 1. The lowest BCUT2D eigenvalue weighted by atomic mass is 9.86. The summed E-state index contributed by atoms with van der Waals surface area (Å²) in [6.45, 7) is 13.2. The van der Waals surface area contributed by atoms with E-state index in [1.807, 2.05) is 26.0 Å². The van der Waals surface area contributed by atoms with E-state index < -0.39 is 10.0 Å². The molecule has 2 heterocycles. The number of alkyl carbamates (subject to hydrolysis) is 1. The summed E-state index contributed by atoms with van der Waals surface area (Å²) in [6.07, 6.45) is 4.86. The highest BCUT2D eigenvalue weighted by Crippen LogP contribution is 2.40. The number of rotatable bonds is 11. The SMILES string of the molecule is CCNS(=O)(=O)c1cc(NC2CN(CC(C)C)C2)ccc1-c1cnc(C2CCC(NC(=O)OC(C)C)CC2)s1. The number of carbonyl (C=O) groups excluding carboxylic acids is 1. The van der Waals surface area contributed by atoms with Crippen molar-refractivity contribution in [1.29, 1.82) is 0 Å². The molecule has 1 saturated carbocycles. The Morgan fingerprint density at radius 3 is 2.49 bits per heavy atom. The topological polar surface area (TPSA) is 113 Å². The lowest BCUT2D eigenvalue weighted by Gasteiger charge is -2.41. The van der Waals surface area contributed by atoms with Crippen molar-refractivity contribution in [2.75, 3.05) is 31.5 Å². The predicted octanol–water partition coefficient (Wildman–Crippen LogP) is 5.02. The monoisotopic (exact) mass is 577 g/mol. The van der Waals surface area contributed by atoms with Gasteiger partial charge in [-0.1, -0.05) is 26.8 Å². The van der Waals surface area contributed by atoms with Crippen LogP contribution in [0.25, 0.3) is 10.4 Å². The van der Waals surface area contributed by atoms with Gasteiger partial charge in [0.05, 0.1) is 26.9 Å². The molecule has 1 aromatic heterocycles. The van der Waals surface area contributed by atoms with Crippen molar-refractivity contribution in [3.63, 3.8) is 0 Å². The second-order valence-corrected chi connectivity index (χ2v) is 14.2. The Bertz CT molecular complexity index is 1220. The Balaban J connectivity index is 1.45. The van der Waals surface area contributed by atoms with E-state index >= 15 is 0 Å². The maximum Gasteiger partial charge on any atom is 0.407 e. The Hall–Kier alpha value is -2.21. The molecule has 9 nitrogen and oxygen atoms in total. The van der Waals surface area contributed by atoms with Gasteiger partial charge >= 0.3 is 6.09 Å². The standard InChI is InChI=1S/C28H43N5O4S2/c1-6-30-39(35,36)26-13-22(31-23-16-33(17-23)15-18(2)3)11-12-24(26)25-14-29-27(38-25)20-7-9-21(10-8-20)32-28(34)37-19(4)5/h11-14,18-21,23,30-31H,6-10,15-17H2,1-5H3,(H,32,34). The van der Waals surface area contributed by atoms with Gasteiger partial charge < -0.3 is 15.4 Å². The minimum atomic E-state index is -3.68. The molecule has 4 rings (SSSR count). The first-order valence-corrected chi connectivity index (χ1v) is 16.4. The number of nitrogens with one attached hydrogen (secondary N) is 3. The molecule has 2 fully saturated rings. The van der Waals surface area contributed by atoms with Crippen molar-refractivity contribution < 1.29 is 17.9 Å². The van der Waals surface area contributed by atoms with Crippen molar-refractivity contribution in [2.45, 2.75) is 89.3 Å². The van der Waals surface area contributed by atoms with E-state index in [4.69, 9.17) is 9.72 Å². The van der Waals surface area contributed by atoms with Crippen LogP contribution in [0.4, 0.5) is 10.5 Å². The number of sulfonamides is 1. The number of anilines is 1. The smallest absolute Gasteiger partial charge is 0.407 e. The van der Waals surface area contributed by atoms with Crippen molar-refractivity contribution in [2.24, 2.45) is 5.92 Å². The molecule has 1 amide bonds. The molecule has 0 atom stereocenters. The van der Waals surface area contributed by atoms with Crippen LogP contribution >= 0.6 is 11.3 Å².